The van der Waals surface area contributed by atoms with Crippen LogP contribution in [-0.2, 0) is 9.53 Å². The lowest BCUT2D eigenvalue weighted by Crippen LogP contribution is -2.52. The second-order valence-electron chi connectivity index (χ2n) is 10.2. The largest absolute Gasteiger partial charge is 0.369 e. The van der Waals surface area contributed by atoms with Crippen LogP contribution in [0.3, 0.4) is 0 Å². The van der Waals surface area contributed by atoms with Crippen molar-refractivity contribution < 1.29 is 18.3 Å². The third-order valence-corrected chi connectivity index (χ3v) is 7.68. The number of hydrogen-bond donors (Lipinski definition) is 3. The number of allylic oxidation sites excluding steroid dienone is 2. The average molecular weight is 510 g/mol. The fraction of sp³-hybridized carbons (Fsp3) is 0.467. The molecule has 1 atom stereocenters. The summed E-state index contributed by atoms with van der Waals surface area (Å²) in [6, 6.07) is 12.0. The van der Waals surface area contributed by atoms with Crippen LogP contribution in [0.5, 0.6) is 0 Å². The lowest BCUT2D eigenvalue weighted by molar-refractivity contribution is -0.120. The van der Waals surface area contributed by atoms with Gasteiger partial charge in [0.1, 0.15) is 11.6 Å². The first-order chi connectivity index (χ1) is 17.9. The molecule has 1 spiro atoms. The van der Waals surface area contributed by atoms with Crippen molar-refractivity contribution in [1.29, 1.82) is 5.41 Å². The molecule has 37 heavy (non-hydrogen) atoms. The van der Waals surface area contributed by atoms with Crippen LogP contribution in [0.25, 0.3) is 0 Å². The Morgan fingerprint density at radius 1 is 1.11 bits per heavy atom. The van der Waals surface area contributed by atoms with E-state index in [1.54, 1.807) is 24.3 Å². The van der Waals surface area contributed by atoms with Gasteiger partial charge in [-0.15, -0.1) is 0 Å². The molecule has 4 rings (SSSR count). The third kappa shape index (κ3) is 7.11. The minimum absolute atomic E-state index is 0.0205. The predicted octanol–water partition coefficient (Wildman–Crippen LogP) is 6.00. The molecule has 1 heterocycles. The van der Waals surface area contributed by atoms with Gasteiger partial charge in [-0.25, -0.2) is 8.78 Å². The number of amides is 1. The van der Waals surface area contributed by atoms with Crippen LogP contribution in [-0.4, -0.2) is 36.9 Å². The first-order valence-electron chi connectivity index (χ1n) is 13.3. The number of nitrogens with one attached hydrogen (secondary N) is 3. The summed E-state index contributed by atoms with van der Waals surface area (Å²) in [6.45, 7) is 3.77. The molecule has 0 unspecified atom stereocenters. The molecule has 1 saturated heterocycles. The summed E-state index contributed by atoms with van der Waals surface area (Å²) >= 11 is 0. The van der Waals surface area contributed by atoms with Crippen molar-refractivity contribution in [3.8, 4) is 0 Å². The maximum atomic E-state index is 13.5. The summed E-state index contributed by atoms with van der Waals surface area (Å²) in [5, 5.41) is 14.5. The molecular formula is C30H37F2N3O2. The van der Waals surface area contributed by atoms with E-state index in [0.717, 1.165) is 61.9 Å². The summed E-state index contributed by atoms with van der Waals surface area (Å²) in [4.78, 5) is 13.2. The molecule has 7 heteroatoms. The van der Waals surface area contributed by atoms with Gasteiger partial charge in [-0.3, -0.25) is 4.79 Å². The highest BCUT2D eigenvalue weighted by atomic mass is 19.1. The summed E-state index contributed by atoms with van der Waals surface area (Å²) in [6.07, 6.45) is 8.36. The molecule has 2 aromatic carbocycles. The molecule has 5 nitrogen and oxygen atoms in total. The zero-order valence-corrected chi connectivity index (χ0v) is 21.5. The number of hydrogen-bond acceptors (Lipinski definition) is 4. The second-order valence-corrected chi connectivity index (χ2v) is 10.2. The summed E-state index contributed by atoms with van der Waals surface area (Å²) < 4.78 is 33.6. The number of ether oxygens (including phenoxy) is 1. The van der Waals surface area contributed by atoms with Crippen molar-refractivity contribution in [2.75, 3.05) is 13.1 Å². The molecule has 2 aliphatic rings. The Morgan fingerprint density at radius 3 is 2.24 bits per heavy atom. The van der Waals surface area contributed by atoms with Gasteiger partial charge in [0.2, 0.25) is 5.91 Å². The van der Waals surface area contributed by atoms with E-state index in [4.69, 9.17) is 10.1 Å². The molecule has 1 saturated carbocycles. The Balaban J connectivity index is 1.44. The normalized spacial score (nSPS) is 19.6. The minimum Gasteiger partial charge on any atom is -0.369 e. The average Bonchev–Trinajstić information content (AvgIpc) is 3.35. The van der Waals surface area contributed by atoms with Crippen molar-refractivity contribution >= 4 is 12.1 Å². The predicted molar refractivity (Wildman–Crippen MR) is 142 cm³/mol. The summed E-state index contributed by atoms with van der Waals surface area (Å²) in [7, 11) is 0. The van der Waals surface area contributed by atoms with E-state index in [9.17, 15) is 13.6 Å². The molecular weight excluding hydrogens is 472 g/mol. The van der Waals surface area contributed by atoms with Gasteiger partial charge in [0.25, 0.3) is 0 Å². The van der Waals surface area contributed by atoms with E-state index in [-0.39, 0.29) is 41.6 Å². The minimum atomic E-state index is -0.373. The topological polar surface area (TPSA) is 74.2 Å². The smallest absolute Gasteiger partial charge is 0.225 e. The third-order valence-electron chi connectivity index (χ3n) is 7.68. The molecule has 0 aromatic heterocycles. The molecule has 0 bridgehead atoms. The number of benzene rings is 2. The summed E-state index contributed by atoms with van der Waals surface area (Å²) in [5.74, 6) is -1.33. The monoisotopic (exact) mass is 509 g/mol. The van der Waals surface area contributed by atoms with Crippen LogP contribution < -0.4 is 10.6 Å². The van der Waals surface area contributed by atoms with Crippen LogP contribution in [0, 0.1) is 17.0 Å². The molecule has 198 valence electrons. The number of halogens is 2. The van der Waals surface area contributed by atoms with Crippen molar-refractivity contribution in [3.63, 3.8) is 0 Å². The highest BCUT2D eigenvalue weighted by Gasteiger charge is 2.39. The summed E-state index contributed by atoms with van der Waals surface area (Å²) in [5.41, 5.74) is 3.04. The number of morpholine rings is 1. The first-order valence-corrected chi connectivity index (χ1v) is 13.3. The van der Waals surface area contributed by atoms with E-state index < -0.39 is 0 Å². The van der Waals surface area contributed by atoms with E-state index in [2.05, 4.69) is 10.6 Å². The standard InChI is InChI=1S/C30H37F2N3O2/c1-2-21(9-14-26-19-34-20-30(37-26)15-3-4-16-30)28(18-33)35-29(36)17-27(22-5-10-24(31)11-6-22)23-7-12-25(32)13-8-23/h5-8,10-13,18,26-27,33-34H,2-4,9,14-17,19-20H2,1H3,(H,35,36)/b28-21-,33-18?/t26-/m1/s1. The number of carbonyl (C=O) groups excluding carboxylic acids is 1. The van der Waals surface area contributed by atoms with Crippen LogP contribution in [0.4, 0.5) is 8.78 Å². The number of carbonyl (C=O) groups is 1. The second kappa shape index (κ2) is 12.6. The van der Waals surface area contributed by atoms with Gasteiger partial charge in [0.15, 0.2) is 0 Å². The van der Waals surface area contributed by atoms with Crippen molar-refractivity contribution in [3.05, 3.63) is 82.6 Å². The zero-order chi connectivity index (χ0) is 26.3. The highest BCUT2D eigenvalue weighted by Crippen LogP contribution is 2.36. The van der Waals surface area contributed by atoms with E-state index >= 15 is 0 Å². The van der Waals surface area contributed by atoms with Crippen LogP contribution in [0.15, 0.2) is 59.8 Å². The van der Waals surface area contributed by atoms with Gasteiger partial charge in [0.05, 0.1) is 17.4 Å². The molecule has 1 aliphatic carbocycles. The molecule has 3 N–H and O–H groups in total. The van der Waals surface area contributed by atoms with Crippen LogP contribution >= 0.6 is 0 Å². The quantitative estimate of drug-likeness (QED) is 0.344. The SMILES string of the molecule is CC/C(CC[C@@H]1CNCC2(CCCC2)O1)=C(\C=N)NC(=O)CC(c1ccc(F)cc1)c1ccc(F)cc1. The van der Waals surface area contributed by atoms with E-state index in [1.165, 1.54) is 43.3 Å². The Labute approximate surface area is 218 Å². The fourth-order valence-electron chi connectivity index (χ4n) is 5.64. The molecule has 2 aromatic rings. The van der Waals surface area contributed by atoms with Crippen molar-refractivity contribution in [1.82, 2.24) is 10.6 Å². The Hall–Kier alpha value is -2.90. The maximum absolute atomic E-state index is 13.5. The van der Waals surface area contributed by atoms with Crippen LogP contribution in [0.1, 0.15) is 75.3 Å². The lowest BCUT2D eigenvalue weighted by Gasteiger charge is -2.39. The van der Waals surface area contributed by atoms with Gasteiger partial charge in [-0.2, -0.15) is 0 Å². The van der Waals surface area contributed by atoms with Crippen molar-refractivity contribution in [2.45, 2.75) is 75.9 Å². The van der Waals surface area contributed by atoms with E-state index in [1.807, 2.05) is 6.92 Å². The van der Waals surface area contributed by atoms with E-state index in [0.29, 0.717) is 5.70 Å². The molecule has 1 aliphatic heterocycles. The van der Waals surface area contributed by atoms with Gasteiger partial charge < -0.3 is 20.8 Å². The fourth-order valence-corrected chi connectivity index (χ4v) is 5.64. The van der Waals surface area contributed by atoms with Gasteiger partial charge in [-0.1, -0.05) is 44.0 Å². The molecule has 1 amide bonds. The number of rotatable bonds is 10. The first kappa shape index (κ1) is 27.1. The van der Waals surface area contributed by atoms with Gasteiger partial charge in [0, 0.05) is 31.6 Å². The maximum Gasteiger partial charge on any atom is 0.225 e. The van der Waals surface area contributed by atoms with Gasteiger partial charge in [-0.05, 0) is 73.1 Å². The Bertz CT molecular complexity index is 1050. The van der Waals surface area contributed by atoms with Crippen molar-refractivity contribution in [2.24, 2.45) is 0 Å². The molecule has 0 radical (unpaired) electrons. The highest BCUT2D eigenvalue weighted by molar-refractivity contribution is 5.88. The Kier molecular flexibility index (Phi) is 9.22. The Morgan fingerprint density at radius 2 is 1.70 bits per heavy atom. The molecule has 2 fully saturated rings. The lowest BCUT2D eigenvalue weighted by atomic mass is 9.88. The van der Waals surface area contributed by atoms with Crippen LogP contribution in [0.2, 0.25) is 0 Å². The zero-order valence-electron chi connectivity index (χ0n) is 21.5. The van der Waals surface area contributed by atoms with Gasteiger partial charge >= 0.3 is 0 Å².